The number of aromatic nitrogens is 2. The maximum atomic E-state index is 12.7. The van der Waals surface area contributed by atoms with Crippen molar-refractivity contribution in [1.82, 2.24) is 15.3 Å². The summed E-state index contributed by atoms with van der Waals surface area (Å²) in [4.78, 5) is 33.7. The normalized spacial score (nSPS) is 14.1. The number of hydrogen-bond acceptors (Lipinski definition) is 9. The van der Waals surface area contributed by atoms with Crippen LogP contribution in [0.25, 0.3) is 10.3 Å². The van der Waals surface area contributed by atoms with Crippen molar-refractivity contribution in [3.63, 3.8) is 0 Å². The number of alkyl halides is 3. The summed E-state index contributed by atoms with van der Waals surface area (Å²) < 4.78 is 31.7. The third-order valence-corrected chi connectivity index (χ3v) is 6.07. The number of fused-ring (bicyclic) bond motifs is 1. The third-order valence-electron chi connectivity index (χ3n) is 4.45. The van der Waals surface area contributed by atoms with Gasteiger partial charge in [0.1, 0.15) is 22.2 Å². The van der Waals surface area contributed by atoms with E-state index in [9.17, 15) is 18.0 Å². The number of rotatable bonds is 3. The van der Waals surface area contributed by atoms with Gasteiger partial charge in [0.15, 0.2) is 0 Å². The van der Waals surface area contributed by atoms with Gasteiger partial charge in [-0.2, -0.15) is 18.4 Å². The molecular weight excluding hydrogens is 481 g/mol. The van der Waals surface area contributed by atoms with E-state index < -0.39 is 12.1 Å². The summed E-state index contributed by atoms with van der Waals surface area (Å²) in [6.07, 6.45) is -2.26. The third kappa shape index (κ3) is 6.15. The molecule has 0 bridgehead atoms. The standard InChI is InChI=1S/C17H16N6OS2.C2HF3O2/c18-6-11-8-25-10-13(11)21-16(24)12-9-26-17-15(12)22-14(7-20-17)23-4-1-2-19-3-5-23;3-2(4,5)1(6)7/h7-10,19H,1-5H2,(H,21,24);(H,6,7). The van der Waals surface area contributed by atoms with Crippen LogP contribution in [0.2, 0.25) is 0 Å². The van der Waals surface area contributed by atoms with Crippen molar-refractivity contribution in [2.75, 3.05) is 36.4 Å². The van der Waals surface area contributed by atoms with E-state index in [4.69, 9.17) is 20.1 Å². The second kappa shape index (κ2) is 10.6. The van der Waals surface area contributed by atoms with Gasteiger partial charge in [-0.1, -0.05) is 0 Å². The van der Waals surface area contributed by atoms with Crippen LogP contribution in [0.3, 0.4) is 0 Å². The first-order valence-corrected chi connectivity index (χ1v) is 11.3. The molecule has 0 spiro atoms. The van der Waals surface area contributed by atoms with Crippen LogP contribution >= 0.6 is 22.7 Å². The van der Waals surface area contributed by atoms with Gasteiger partial charge in [0.25, 0.3) is 5.91 Å². The van der Waals surface area contributed by atoms with E-state index >= 15 is 0 Å². The number of carboxylic acid groups (broad SMARTS) is 1. The van der Waals surface area contributed by atoms with Gasteiger partial charge in [-0.3, -0.25) is 4.79 Å². The summed E-state index contributed by atoms with van der Waals surface area (Å²) in [5.41, 5.74) is 2.09. The summed E-state index contributed by atoms with van der Waals surface area (Å²) in [6, 6.07) is 2.08. The SMILES string of the molecule is N#Cc1cscc1NC(=O)c1csc2ncc(N3CCCNCC3)nc12.O=C(O)C(F)(F)F. The van der Waals surface area contributed by atoms with Crippen molar-refractivity contribution in [2.24, 2.45) is 0 Å². The number of nitrogens with zero attached hydrogens (tertiary/aromatic N) is 4. The molecule has 1 amide bonds. The van der Waals surface area contributed by atoms with E-state index in [1.807, 2.05) is 0 Å². The van der Waals surface area contributed by atoms with Crippen LogP contribution in [0.15, 0.2) is 22.3 Å². The van der Waals surface area contributed by atoms with E-state index in [-0.39, 0.29) is 5.91 Å². The number of aliphatic carboxylic acids is 1. The van der Waals surface area contributed by atoms with Crippen LogP contribution in [0.4, 0.5) is 24.7 Å². The van der Waals surface area contributed by atoms with E-state index in [0.29, 0.717) is 22.3 Å². The summed E-state index contributed by atoms with van der Waals surface area (Å²) >= 11 is 2.78. The van der Waals surface area contributed by atoms with Gasteiger partial charge in [0, 0.05) is 35.8 Å². The van der Waals surface area contributed by atoms with Crippen molar-refractivity contribution in [3.05, 3.63) is 33.5 Å². The van der Waals surface area contributed by atoms with E-state index in [1.54, 1.807) is 22.3 Å². The molecule has 0 aliphatic carbocycles. The van der Waals surface area contributed by atoms with Crippen molar-refractivity contribution in [2.45, 2.75) is 12.6 Å². The molecule has 174 valence electrons. The molecule has 1 fully saturated rings. The van der Waals surface area contributed by atoms with Crippen LogP contribution in [0.1, 0.15) is 22.3 Å². The Bertz CT molecular complexity index is 1180. The molecule has 3 N–H and O–H groups in total. The minimum Gasteiger partial charge on any atom is -0.475 e. The number of amides is 1. The number of anilines is 2. The second-order valence-electron chi connectivity index (χ2n) is 6.69. The predicted octanol–water partition coefficient (Wildman–Crippen LogP) is 3.31. The molecule has 3 aromatic heterocycles. The van der Waals surface area contributed by atoms with Crippen LogP contribution in [-0.4, -0.2) is 59.3 Å². The largest absolute Gasteiger partial charge is 0.490 e. The Balaban J connectivity index is 0.000000383. The Hall–Kier alpha value is -3.28. The highest BCUT2D eigenvalue weighted by Crippen LogP contribution is 2.27. The topological polar surface area (TPSA) is 131 Å². The Morgan fingerprint density at radius 2 is 2.00 bits per heavy atom. The van der Waals surface area contributed by atoms with Gasteiger partial charge >= 0.3 is 12.1 Å². The molecule has 3 aromatic rings. The molecule has 0 aromatic carbocycles. The van der Waals surface area contributed by atoms with Gasteiger partial charge in [-0.25, -0.2) is 14.8 Å². The first-order chi connectivity index (χ1) is 15.7. The highest BCUT2D eigenvalue weighted by atomic mass is 32.1. The van der Waals surface area contributed by atoms with Crippen LogP contribution in [0, 0.1) is 11.3 Å². The van der Waals surface area contributed by atoms with Crippen LogP contribution in [-0.2, 0) is 4.79 Å². The Morgan fingerprint density at radius 3 is 2.70 bits per heavy atom. The quantitative estimate of drug-likeness (QED) is 0.501. The summed E-state index contributed by atoms with van der Waals surface area (Å²) in [6.45, 7) is 3.69. The van der Waals surface area contributed by atoms with E-state index in [2.05, 4.69) is 26.6 Å². The molecule has 1 aliphatic heterocycles. The molecule has 14 heteroatoms. The Labute approximate surface area is 193 Å². The molecule has 0 unspecified atom stereocenters. The minimum absolute atomic E-state index is 0.268. The number of carboxylic acids is 1. The maximum Gasteiger partial charge on any atom is 0.490 e. The van der Waals surface area contributed by atoms with Gasteiger partial charge in [-0.15, -0.1) is 22.7 Å². The maximum absolute atomic E-state index is 12.7. The lowest BCUT2D eigenvalue weighted by Crippen LogP contribution is -2.28. The Kier molecular flexibility index (Phi) is 7.79. The molecule has 0 atom stereocenters. The average molecular weight is 499 g/mol. The fraction of sp³-hybridized carbons (Fsp3) is 0.316. The summed E-state index contributed by atoms with van der Waals surface area (Å²) in [5.74, 6) is -2.23. The van der Waals surface area contributed by atoms with Gasteiger partial charge in [-0.05, 0) is 13.0 Å². The Morgan fingerprint density at radius 1 is 1.24 bits per heavy atom. The summed E-state index contributed by atoms with van der Waals surface area (Å²) in [7, 11) is 0. The second-order valence-corrected chi connectivity index (χ2v) is 8.29. The first kappa shape index (κ1) is 24.4. The molecule has 4 heterocycles. The van der Waals surface area contributed by atoms with Crippen LogP contribution in [0.5, 0.6) is 0 Å². The molecule has 9 nitrogen and oxygen atoms in total. The van der Waals surface area contributed by atoms with Gasteiger partial charge in [0.2, 0.25) is 0 Å². The molecule has 33 heavy (non-hydrogen) atoms. The van der Waals surface area contributed by atoms with Crippen molar-refractivity contribution in [1.29, 1.82) is 5.26 Å². The van der Waals surface area contributed by atoms with Crippen LogP contribution < -0.4 is 15.5 Å². The first-order valence-electron chi connectivity index (χ1n) is 9.48. The number of carbonyl (C=O) groups is 2. The lowest BCUT2D eigenvalue weighted by molar-refractivity contribution is -0.192. The number of thiophene rings is 2. The molecule has 4 rings (SSSR count). The van der Waals surface area contributed by atoms with Crippen molar-refractivity contribution >= 4 is 56.4 Å². The average Bonchev–Trinajstić information content (AvgIpc) is 3.30. The smallest absolute Gasteiger partial charge is 0.475 e. The summed E-state index contributed by atoms with van der Waals surface area (Å²) in [5, 5.41) is 27.6. The van der Waals surface area contributed by atoms with Gasteiger partial charge < -0.3 is 20.6 Å². The highest BCUT2D eigenvalue weighted by Gasteiger charge is 2.38. The number of hydrogen-bond donors (Lipinski definition) is 3. The molecule has 1 aliphatic rings. The minimum atomic E-state index is -5.08. The number of nitriles is 1. The fourth-order valence-corrected chi connectivity index (χ4v) is 4.39. The lowest BCUT2D eigenvalue weighted by Gasteiger charge is -2.20. The molecule has 1 saturated heterocycles. The van der Waals surface area contributed by atoms with Crippen molar-refractivity contribution < 1.29 is 27.9 Å². The fourth-order valence-electron chi connectivity index (χ4n) is 2.86. The van der Waals surface area contributed by atoms with E-state index in [1.165, 1.54) is 22.7 Å². The highest BCUT2D eigenvalue weighted by molar-refractivity contribution is 7.17. The zero-order chi connectivity index (χ0) is 24.0. The number of halogens is 3. The number of carbonyl (C=O) groups excluding carboxylic acids is 1. The zero-order valence-electron chi connectivity index (χ0n) is 16.8. The van der Waals surface area contributed by atoms with Gasteiger partial charge in [0.05, 0.1) is 23.0 Å². The van der Waals surface area contributed by atoms with Crippen molar-refractivity contribution in [3.8, 4) is 6.07 Å². The monoisotopic (exact) mass is 498 g/mol. The molecular formula is C19H17F3N6O3S2. The molecule has 0 radical (unpaired) electrons. The number of nitrogens with one attached hydrogen (secondary N) is 2. The zero-order valence-corrected chi connectivity index (χ0v) is 18.5. The molecule has 0 saturated carbocycles. The van der Waals surface area contributed by atoms with E-state index in [0.717, 1.165) is 43.2 Å². The lowest BCUT2D eigenvalue weighted by atomic mass is 10.2. The predicted molar refractivity (Wildman–Crippen MR) is 118 cm³/mol.